The zero-order valence-electron chi connectivity index (χ0n) is 10.6. The molecule has 3 aromatic rings. The van der Waals surface area contributed by atoms with Crippen molar-refractivity contribution in [3.63, 3.8) is 0 Å². The number of nitrogens with one attached hydrogen (secondary N) is 1. The summed E-state index contributed by atoms with van der Waals surface area (Å²) >= 11 is 0. The molecule has 0 saturated carbocycles. The molecule has 1 heterocycles. The number of hydrogen-bond donors (Lipinski definition) is 1. The summed E-state index contributed by atoms with van der Waals surface area (Å²) in [7, 11) is 4.04. The second-order valence-corrected chi connectivity index (χ2v) is 4.50. The summed E-state index contributed by atoms with van der Waals surface area (Å²) in [6, 6.07) is 17.0. The van der Waals surface area contributed by atoms with Gasteiger partial charge in [-0.15, -0.1) is 0 Å². The van der Waals surface area contributed by atoms with Crippen LogP contribution in [0, 0.1) is 0 Å². The van der Waals surface area contributed by atoms with E-state index in [1.807, 2.05) is 7.05 Å². The number of fused-ring (bicyclic) bond motifs is 1. The van der Waals surface area contributed by atoms with E-state index in [9.17, 15) is 0 Å². The van der Waals surface area contributed by atoms with E-state index in [4.69, 9.17) is 0 Å². The Bertz CT molecular complexity index is 695. The molecule has 0 radical (unpaired) electrons. The van der Waals surface area contributed by atoms with Crippen molar-refractivity contribution in [3.05, 3.63) is 54.7 Å². The highest BCUT2D eigenvalue weighted by Crippen LogP contribution is 2.31. The topological polar surface area (TPSA) is 17.0 Å². The lowest BCUT2D eigenvalue weighted by Crippen LogP contribution is -1.87. The third-order valence-electron chi connectivity index (χ3n) is 3.36. The van der Waals surface area contributed by atoms with Crippen molar-refractivity contribution in [2.75, 3.05) is 12.4 Å². The molecule has 1 aromatic heterocycles. The second-order valence-electron chi connectivity index (χ2n) is 4.50. The lowest BCUT2D eigenvalue weighted by molar-refractivity contribution is 0.970. The van der Waals surface area contributed by atoms with Crippen LogP contribution in [0.4, 0.5) is 5.69 Å². The van der Waals surface area contributed by atoms with Crippen molar-refractivity contribution in [2.45, 2.75) is 0 Å². The third kappa shape index (κ3) is 1.66. The molecule has 90 valence electrons. The van der Waals surface area contributed by atoms with Crippen molar-refractivity contribution in [1.82, 2.24) is 4.57 Å². The van der Waals surface area contributed by atoms with E-state index in [-0.39, 0.29) is 0 Å². The van der Waals surface area contributed by atoms with E-state index in [1.165, 1.54) is 22.0 Å². The first-order valence-electron chi connectivity index (χ1n) is 6.12. The average molecular weight is 236 g/mol. The van der Waals surface area contributed by atoms with Crippen molar-refractivity contribution in [1.29, 1.82) is 0 Å². The molecule has 3 rings (SSSR count). The van der Waals surface area contributed by atoms with Crippen LogP contribution in [-0.2, 0) is 7.05 Å². The molecule has 18 heavy (non-hydrogen) atoms. The monoisotopic (exact) mass is 236 g/mol. The first-order chi connectivity index (χ1) is 8.79. The number of nitrogens with zero attached hydrogens (tertiary/aromatic N) is 1. The third-order valence-corrected chi connectivity index (χ3v) is 3.36. The van der Waals surface area contributed by atoms with Crippen molar-refractivity contribution >= 4 is 16.6 Å². The van der Waals surface area contributed by atoms with E-state index >= 15 is 0 Å². The summed E-state index contributed by atoms with van der Waals surface area (Å²) in [5.41, 5.74) is 4.94. The quantitative estimate of drug-likeness (QED) is 0.714. The summed E-state index contributed by atoms with van der Waals surface area (Å²) in [5, 5.41) is 4.48. The summed E-state index contributed by atoms with van der Waals surface area (Å²) < 4.78 is 2.18. The SMILES string of the molecule is CNc1cccc(-c2cn(C)c3ccccc23)c1. The Labute approximate surface area is 107 Å². The predicted molar refractivity (Wildman–Crippen MR) is 77.9 cm³/mol. The molecule has 0 aliphatic heterocycles. The highest BCUT2D eigenvalue weighted by atomic mass is 14.9. The zero-order chi connectivity index (χ0) is 12.5. The molecule has 0 amide bonds. The number of rotatable bonds is 2. The Kier molecular flexibility index (Phi) is 2.56. The van der Waals surface area contributed by atoms with Gasteiger partial charge in [-0.05, 0) is 23.8 Å². The van der Waals surface area contributed by atoms with Crippen LogP contribution in [0.5, 0.6) is 0 Å². The van der Waals surface area contributed by atoms with E-state index < -0.39 is 0 Å². The van der Waals surface area contributed by atoms with Crippen molar-refractivity contribution in [2.24, 2.45) is 7.05 Å². The lowest BCUT2D eigenvalue weighted by atomic mass is 10.0. The van der Waals surface area contributed by atoms with Crippen LogP contribution in [-0.4, -0.2) is 11.6 Å². The molecule has 0 fully saturated rings. The van der Waals surface area contributed by atoms with Gasteiger partial charge in [-0.25, -0.2) is 0 Å². The normalized spacial score (nSPS) is 10.8. The maximum atomic E-state index is 3.19. The molecule has 2 heteroatoms. The van der Waals surface area contributed by atoms with Gasteiger partial charge in [-0.1, -0.05) is 30.3 Å². The van der Waals surface area contributed by atoms with E-state index in [1.54, 1.807) is 0 Å². The summed E-state index contributed by atoms with van der Waals surface area (Å²) in [6.45, 7) is 0. The number of aryl methyl sites for hydroxylation is 1. The van der Waals surface area contributed by atoms with Crippen LogP contribution in [0.25, 0.3) is 22.0 Å². The molecule has 0 unspecified atom stereocenters. The minimum absolute atomic E-state index is 1.14. The van der Waals surface area contributed by atoms with Crippen LogP contribution in [0.1, 0.15) is 0 Å². The molecule has 0 atom stereocenters. The number of para-hydroxylation sites is 1. The fourth-order valence-electron chi connectivity index (χ4n) is 2.41. The molecule has 0 spiro atoms. The van der Waals surface area contributed by atoms with Gasteiger partial charge in [0.05, 0.1) is 0 Å². The first kappa shape index (κ1) is 10.9. The lowest BCUT2D eigenvalue weighted by Gasteiger charge is -2.03. The van der Waals surface area contributed by atoms with Crippen molar-refractivity contribution < 1.29 is 0 Å². The van der Waals surface area contributed by atoms with Gasteiger partial charge in [0.1, 0.15) is 0 Å². The Hall–Kier alpha value is -2.22. The number of benzene rings is 2. The summed E-state index contributed by atoms with van der Waals surface area (Å²) in [6.07, 6.45) is 2.19. The number of hydrogen-bond acceptors (Lipinski definition) is 1. The Balaban J connectivity index is 2.25. The van der Waals surface area contributed by atoms with Gasteiger partial charge < -0.3 is 9.88 Å². The number of anilines is 1. The standard InChI is InChI=1S/C16H16N2/c1-17-13-7-5-6-12(10-13)15-11-18(2)16-9-4-3-8-14(15)16/h3-11,17H,1-2H3. The molecule has 0 aliphatic carbocycles. The minimum Gasteiger partial charge on any atom is -0.388 e. The largest absolute Gasteiger partial charge is 0.388 e. The first-order valence-corrected chi connectivity index (χ1v) is 6.12. The van der Waals surface area contributed by atoms with Gasteiger partial charge in [0.15, 0.2) is 0 Å². The van der Waals surface area contributed by atoms with Crippen LogP contribution >= 0.6 is 0 Å². The molecule has 2 aromatic carbocycles. The van der Waals surface area contributed by atoms with Gasteiger partial charge in [-0.2, -0.15) is 0 Å². The van der Waals surface area contributed by atoms with E-state index in [0.29, 0.717) is 0 Å². The van der Waals surface area contributed by atoms with Gasteiger partial charge in [0.2, 0.25) is 0 Å². The molecule has 0 saturated heterocycles. The maximum Gasteiger partial charge on any atom is 0.0484 e. The predicted octanol–water partition coefficient (Wildman–Crippen LogP) is 3.89. The average Bonchev–Trinajstić information content (AvgIpc) is 2.77. The number of aromatic nitrogens is 1. The van der Waals surface area contributed by atoms with Gasteiger partial charge in [-0.3, -0.25) is 0 Å². The Morgan fingerprint density at radius 1 is 1.00 bits per heavy atom. The maximum absolute atomic E-state index is 3.19. The molecular weight excluding hydrogens is 220 g/mol. The molecular formula is C16H16N2. The highest BCUT2D eigenvalue weighted by Gasteiger charge is 2.07. The molecule has 0 aliphatic rings. The smallest absolute Gasteiger partial charge is 0.0484 e. The van der Waals surface area contributed by atoms with Crippen LogP contribution in [0.3, 0.4) is 0 Å². The highest BCUT2D eigenvalue weighted by molar-refractivity contribution is 5.96. The fraction of sp³-hybridized carbons (Fsp3) is 0.125. The Morgan fingerprint density at radius 3 is 2.67 bits per heavy atom. The summed E-state index contributed by atoms with van der Waals surface area (Å²) in [5.74, 6) is 0. The molecule has 2 nitrogen and oxygen atoms in total. The van der Waals surface area contributed by atoms with E-state index in [2.05, 4.69) is 71.7 Å². The Morgan fingerprint density at radius 2 is 1.83 bits per heavy atom. The summed E-state index contributed by atoms with van der Waals surface area (Å²) in [4.78, 5) is 0. The van der Waals surface area contributed by atoms with E-state index in [0.717, 1.165) is 5.69 Å². The van der Waals surface area contributed by atoms with Crippen LogP contribution in [0.15, 0.2) is 54.7 Å². The minimum atomic E-state index is 1.14. The van der Waals surface area contributed by atoms with Crippen molar-refractivity contribution in [3.8, 4) is 11.1 Å². The van der Waals surface area contributed by atoms with Gasteiger partial charge >= 0.3 is 0 Å². The molecule has 1 N–H and O–H groups in total. The van der Waals surface area contributed by atoms with Gasteiger partial charge in [0.25, 0.3) is 0 Å². The van der Waals surface area contributed by atoms with Gasteiger partial charge in [0, 0.05) is 42.4 Å². The van der Waals surface area contributed by atoms with Crippen LogP contribution < -0.4 is 5.32 Å². The molecule has 0 bridgehead atoms. The second kappa shape index (κ2) is 4.22. The zero-order valence-corrected chi connectivity index (χ0v) is 10.6. The van der Waals surface area contributed by atoms with Crippen LogP contribution in [0.2, 0.25) is 0 Å². The fourth-order valence-corrected chi connectivity index (χ4v) is 2.41.